The second-order valence-corrected chi connectivity index (χ2v) is 7.52. The number of nitrogens with one attached hydrogen (secondary N) is 2. The van der Waals surface area contributed by atoms with Crippen molar-refractivity contribution in [1.82, 2.24) is 24.9 Å². The van der Waals surface area contributed by atoms with Crippen molar-refractivity contribution in [2.75, 3.05) is 5.32 Å². The van der Waals surface area contributed by atoms with E-state index in [0.29, 0.717) is 23.0 Å². The van der Waals surface area contributed by atoms with Crippen LogP contribution in [0.25, 0.3) is 27.6 Å². The Morgan fingerprint density at radius 2 is 2.14 bits per heavy atom. The lowest BCUT2D eigenvalue weighted by molar-refractivity contribution is 1.08. The number of benzene rings is 1. The van der Waals surface area contributed by atoms with E-state index in [4.69, 9.17) is 28.8 Å². The van der Waals surface area contributed by atoms with Crippen LogP contribution in [0.4, 0.5) is 5.82 Å². The minimum absolute atomic E-state index is 0.513. The summed E-state index contributed by atoms with van der Waals surface area (Å²) >= 11 is 12.0. The molecule has 1 aliphatic carbocycles. The highest BCUT2D eigenvalue weighted by Gasteiger charge is 2.17. The molecule has 0 aliphatic heterocycles. The summed E-state index contributed by atoms with van der Waals surface area (Å²) in [7, 11) is 0. The molecule has 0 unspecified atom stereocenters. The second-order valence-electron chi connectivity index (χ2n) is 6.62. The number of rotatable bonds is 4. The van der Waals surface area contributed by atoms with E-state index in [-0.39, 0.29) is 0 Å². The Morgan fingerprint density at radius 3 is 3.03 bits per heavy atom. The number of nitrogens with zero attached hydrogens (tertiary/aromatic N) is 4. The maximum atomic E-state index is 6.41. The first-order chi connectivity index (χ1) is 14.2. The van der Waals surface area contributed by atoms with Crippen LogP contribution in [0.2, 0.25) is 5.02 Å². The summed E-state index contributed by atoms with van der Waals surface area (Å²) in [5.74, 6) is 0.685. The number of pyridine rings is 1. The Bertz CT molecular complexity index is 1320. The van der Waals surface area contributed by atoms with Crippen molar-refractivity contribution in [1.29, 1.82) is 0 Å². The third-order valence-corrected chi connectivity index (χ3v) is 5.49. The number of hydrogen-bond donors (Lipinski definition) is 2. The number of halogens is 1. The van der Waals surface area contributed by atoms with Gasteiger partial charge < -0.3 is 10.3 Å². The molecule has 6 nitrogen and oxygen atoms in total. The van der Waals surface area contributed by atoms with Gasteiger partial charge in [0.05, 0.1) is 22.6 Å². The fraction of sp³-hybridized carbons (Fsp3) is 0.0952. The number of H-pyrrole nitrogens is 1. The zero-order valence-corrected chi connectivity index (χ0v) is 16.8. The molecule has 0 radical (unpaired) electrons. The van der Waals surface area contributed by atoms with Gasteiger partial charge in [-0.15, -0.1) is 0 Å². The van der Waals surface area contributed by atoms with E-state index in [1.165, 1.54) is 6.33 Å². The fourth-order valence-corrected chi connectivity index (χ4v) is 3.89. The molecule has 0 spiro atoms. The first kappa shape index (κ1) is 17.9. The first-order valence-electron chi connectivity index (χ1n) is 9.07. The van der Waals surface area contributed by atoms with Gasteiger partial charge in [0, 0.05) is 28.8 Å². The molecule has 0 saturated heterocycles. The summed E-state index contributed by atoms with van der Waals surface area (Å²) in [4.78, 5) is 21.5. The van der Waals surface area contributed by atoms with E-state index in [1.54, 1.807) is 6.33 Å². The van der Waals surface area contributed by atoms with Gasteiger partial charge in [-0.2, -0.15) is 0 Å². The Kier molecular flexibility index (Phi) is 4.54. The summed E-state index contributed by atoms with van der Waals surface area (Å²) in [5.41, 5.74) is 4.95. The van der Waals surface area contributed by atoms with Gasteiger partial charge in [-0.1, -0.05) is 54.2 Å². The summed E-state index contributed by atoms with van der Waals surface area (Å²) in [6.07, 6.45) is 9.91. The summed E-state index contributed by atoms with van der Waals surface area (Å²) < 4.78 is 0. The number of aromatic nitrogens is 5. The first-order valence-corrected chi connectivity index (χ1v) is 9.86. The smallest absolute Gasteiger partial charge is 0.182 e. The van der Waals surface area contributed by atoms with Crippen LogP contribution in [0.3, 0.4) is 0 Å². The molecule has 0 saturated carbocycles. The van der Waals surface area contributed by atoms with E-state index in [9.17, 15) is 0 Å². The highest BCUT2D eigenvalue weighted by molar-refractivity contribution is 7.81. The molecule has 2 N–H and O–H groups in total. The molecule has 4 aromatic rings. The zero-order chi connectivity index (χ0) is 19.8. The van der Waals surface area contributed by atoms with Crippen LogP contribution in [0.5, 0.6) is 0 Å². The molecule has 29 heavy (non-hydrogen) atoms. The summed E-state index contributed by atoms with van der Waals surface area (Å²) in [6, 6.07) is 7.88. The molecule has 0 amide bonds. The van der Waals surface area contributed by atoms with Gasteiger partial charge in [-0.25, -0.2) is 19.9 Å². The van der Waals surface area contributed by atoms with E-state index < -0.39 is 0 Å². The lowest BCUT2D eigenvalue weighted by atomic mass is 9.96. The molecule has 1 aliphatic rings. The molecule has 0 atom stereocenters. The molecule has 142 valence electrons. The fourth-order valence-electron chi connectivity index (χ4n) is 3.41. The van der Waals surface area contributed by atoms with Crippen molar-refractivity contribution in [3.8, 4) is 0 Å². The monoisotopic (exact) mass is 418 g/mol. The van der Waals surface area contributed by atoms with Crippen LogP contribution < -0.4 is 5.32 Å². The van der Waals surface area contributed by atoms with Crippen LogP contribution in [0.1, 0.15) is 17.7 Å². The minimum Gasteiger partial charge on any atom is -0.364 e. The predicted octanol–water partition coefficient (Wildman–Crippen LogP) is 4.88. The lowest BCUT2D eigenvalue weighted by Crippen LogP contribution is -2.10. The van der Waals surface area contributed by atoms with Gasteiger partial charge in [0.15, 0.2) is 11.5 Å². The second kappa shape index (κ2) is 7.35. The van der Waals surface area contributed by atoms with Gasteiger partial charge in [0.2, 0.25) is 0 Å². The number of allylic oxidation sites excluding steroid dienone is 4. The molecule has 1 aromatic carbocycles. The van der Waals surface area contributed by atoms with Crippen molar-refractivity contribution < 1.29 is 0 Å². The van der Waals surface area contributed by atoms with Crippen LogP contribution in [0.15, 0.2) is 55.1 Å². The highest BCUT2D eigenvalue weighted by atomic mass is 35.5. The molecular formula is C21H15ClN6S. The molecule has 0 bridgehead atoms. The number of imidazole rings is 1. The molecule has 5 rings (SSSR count). The number of para-hydroxylation sites is 1. The number of aromatic amines is 1. The lowest BCUT2D eigenvalue weighted by Gasteiger charge is -2.17. The number of thiocarbonyl (C=S) groups is 1. The SMILES string of the molecule is S=C1CC=CC=C1c1nc2c(Cl)cccc2cc1CNc1ncnc2nc[nH]c12. The minimum atomic E-state index is 0.513. The number of hydrogen-bond acceptors (Lipinski definition) is 6. The average molecular weight is 419 g/mol. The third kappa shape index (κ3) is 3.28. The Hall–Kier alpha value is -3.16. The van der Waals surface area contributed by atoms with E-state index >= 15 is 0 Å². The third-order valence-electron chi connectivity index (χ3n) is 4.80. The summed E-state index contributed by atoms with van der Waals surface area (Å²) in [6.45, 7) is 0.513. The highest BCUT2D eigenvalue weighted by Crippen LogP contribution is 2.30. The zero-order valence-electron chi connectivity index (χ0n) is 15.2. The summed E-state index contributed by atoms with van der Waals surface area (Å²) in [5, 5.41) is 4.98. The van der Waals surface area contributed by atoms with Crippen LogP contribution >= 0.6 is 23.8 Å². The topological polar surface area (TPSA) is 79.4 Å². The maximum Gasteiger partial charge on any atom is 0.182 e. The van der Waals surface area contributed by atoms with Gasteiger partial charge in [0.1, 0.15) is 11.8 Å². The van der Waals surface area contributed by atoms with Crippen LogP contribution in [-0.2, 0) is 6.54 Å². The van der Waals surface area contributed by atoms with Crippen molar-refractivity contribution in [2.24, 2.45) is 0 Å². The standard InChI is InChI=1S/C21H15ClN6S/c22-15-6-3-4-12-8-13(9-23-20-19-21(25-10-24-19)27-11-26-20)17(28-18(12)15)14-5-1-2-7-16(14)29/h1-6,8,10-11H,7,9H2,(H2,23,24,25,26,27). The number of fused-ring (bicyclic) bond motifs is 2. The van der Waals surface area contributed by atoms with Crippen molar-refractivity contribution in [3.63, 3.8) is 0 Å². The van der Waals surface area contributed by atoms with E-state index in [1.807, 2.05) is 36.4 Å². The molecule has 0 fully saturated rings. The predicted molar refractivity (Wildman–Crippen MR) is 120 cm³/mol. The van der Waals surface area contributed by atoms with E-state index in [2.05, 4.69) is 31.3 Å². The van der Waals surface area contributed by atoms with Gasteiger partial charge in [-0.05, 0) is 17.7 Å². The van der Waals surface area contributed by atoms with Gasteiger partial charge in [0.25, 0.3) is 0 Å². The molecule has 3 aromatic heterocycles. The molecule has 3 heterocycles. The number of anilines is 1. The molecular weight excluding hydrogens is 404 g/mol. The Labute approximate surface area is 176 Å². The van der Waals surface area contributed by atoms with Crippen LogP contribution in [0, 0.1) is 0 Å². The van der Waals surface area contributed by atoms with E-state index in [0.717, 1.165) is 44.5 Å². The normalized spacial score (nSPS) is 13.8. The Morgan fingerprint density at radius 1 is 1.21 bits per heavy atom. The van der Waals surface area contributed by atoms with Crippen molar-refractivity contribution in [3.05, 3.63) is 71.4 Å². The van der Waals surface area contributed by atoms with Gasteiger partial charge in [-0.3, -0.25) is 0 Å². The van der Waals surface area contributed by atoms with Crippen molar-refractivity contribution >= 4 is 62.1 Å². The molecule has 8 heteroatoms. The van der Waals surface area contributed by atoms with Gasteiger partial charge >= 0.3 is 0 Å². The van der Waals surface area contributed by atoms with Crippen LogP contribution in [-0.4, -0.2) is 29.8 Å². The Balaban J connectivity index is 1.60. The van der Waals surface area contributed by atoms with Crippen molar-refractivity contribution in [2.45, 2.75) is 13.0 Å². The largest absolute Gasteiger partial charge is 0.364 e. The average Bonchev–Trinajstić information content (AvgIpc) is 3.22. The maximum absolute atomic E-state index is 6.41. The quantitative estimate of drug-likeness (QED) is 0.460.